The van der Waals surface area contributed by atoms with Gasteiger partial charge in [-0.25, -0.2) is 5.01 Å². The number of likely N-dealkylation sites (N-methyl/N-ethyl adjacent to an activating group) is 1. The second-order valence-electron chi connectivity index (χ2n) is 5.92. The summed E-state index contributed by atoms with van der Waals surface area (Å²) >= 11 is 0. The number of nitrogens with zero attached hydrogens (tertiary/aromatic N) is 2. The van der Waals surface area contributed by atoms with Crippen LogP contribution in [-0.4, -0.2) is 49.0 Å². The Bertz CT molecular complexity index is 485. The number of carbonyl (C=O) groups is 1. The van der Waals surface area contributed by atoms with Crippen molar-refractivity contribution in [2.75, 3.05) is 33.2 Å². The molecule has 1 aromatic rings. The molecule has 1 aliphatic rings. The third kappa shape index (κ3) is 4.99. The molecule has 0 atom stereocenters. The van der Waals surface area contributed by atoms with Gasteiger partial charge in [-0.15, -0.1) is 0 Å². The largest absolute Gasteiger partial charge is 0.304 e. The molecule has 0 bridgehead atoms. The fourth-order valence-corrected chi connectivity index (χ4v) is 2.28. The van der Waals surface area contributed by atoms with Crippen LogP contribution in [0.25, 0.3) is 6.08 Å². The Morgan fingerprint density at radius 3 is 2.33 bits per heavy atom. The number of carbonyl (C=O) groups excluding carboxylic acids is 1. The van der Waals surface area contributed by atoms with Gasteiger partial charge in [0.25, 0.3) is 5.91 Å². The van der Waals surface area contributed by atoms with E-state index < -0.39 is 0 Å². The number of nitrogens with one attached hydrogen (secondary N) is 1. The third-order valence-corrected chi connectivity index (χ3v) is 3.80. The first-order chi connectivity index (χ1) is 10.0. The van der Waals surface area contributed by atoms with E-state index in [0.717, 1.165) is 31.7 Å². The Hall–Kier alpha value is -1.65. The number of benzene rings is 1. The Morgan fingerprint density at radius 1 is 1.14 bits per heavy atom. The summed E-state index contributed by atoms with van der Waals surface area (Å²) in [4.78, 5) is 14.1. The maximum absolute atomic E-state index is 11.9. The van der Waals surface area contributed by atoms with E-state index in [1.54, 1.807) is 6.08 Å². The first-order valence-electron chi connectivity index (χ1n) is 7.57. The Morgan fingerprint density at radius 2 is 1.76 bits per heavy atom. The van der Waals surface area contributed by atoms with Crippen molar-refractivity contribution in [3.63, 3.8) is 0 Å². The first kappa shape index (κ1) is 15.7. The molecule has 2 rings (SSSR count). The van der Waals surface area contributed by atoms with E-state index in [9.17, 15) is 4.79 Å². The normalized spacial score (nSPS) is 17.5. The third-order valence-electron chi connectivity index (χ3n) is 3.80. The zero-order valence-electron chi connectivity index (χ0n) is 13.2. The van der Waals surface area contributed by atoms with Crippen LogP contribution < -0.4 is 5.43 Å². The van der Waals surface area contributed by atoms with Crippen molar-refractivity contribution < 1.29 is 4.79 Å². The molecule has 1 aliphatic heterocycles. The van der Waals surface area contributed by atoms with E-state index in [1.165, 1.54) is 5.56 Å². The van der Waals surface area contributed by atoms with E-state index >= 15 is 0 Å². The highest BCUT2D eigenvalue weighted by Crippen LogP contribution is 2.15. The number of piperazine rings is 1. The van der Waals surface area contributed by atoms with Gasteiger partial charge < -0.3 is 4.90 Å². The summed E-state index contributed by atoms with van der Waals surface area (Å²) in [6.07, 6.45) is 3.46. The van der Waals surface area contributed by atoms with Gasteiger partial charge in [0.2, 0.25) is 0 Å². The van der Waals surface area contributed by atoms with Gasteiger partial charge in [0.15, 0.2) is 0 Å². The first-order valence-corrected chi connectivity index (χ1v) is 7.57. The van der Waals surface area contributed by atoms with Crippen LogP contribution in [0.15, 0.2) is 30.3 Å². The lowest BCUT2D eigenvalue weighted by atomic mass is 10.0. The fraction of sp³-hybridized carbons (Fsp3) is 0.471. The average Bonchev–Trinajstić information content (AvgIpc) is 2.48. The summed E-state index contributed by atoms with van der Waals surface area (Å²) < 4.78 is 0. The zero-order chi connectivity index (χ0) is 15.2. The number of hydrogen-bond donors (Lipinski definition) is 1. The summed E-state index contributed by atoms with van der Waals surface area (Å²) in [6.45, 7) is 8.07. The molecule has 0 saturated carbocycles. The van der Waals surface area contributed by atoms with Gasteiger partial charge in [0.1, 0.15) is 0 Å². The molecule has 0 aromatic heterocycles. The number of rotatable bonds is 4. The van der Waals surface area contributed by atoms with Crippen LogP contribution in [0.3, 0.4) is 0 Å². The van der Waals surface area contributed by atoms with Crippen molar-refractivity contribution in [2.24, 2.45) is 0 Å². The minimum Gasteiger partial charge on any atom is -0.304 e. The summed E-state index contributed by atoms with van der Waals surface area (Å²) in [6, 6.07) is 8.33. The second-order valence-corrected chi connectivity index (χ2v) is 5.92. The van der Waals surface area contributed by atoms with Gasteiger partial charge in [-0.2, -0.15) is 0 Å². The highest BCUT2D eigenvalue weighted by molar-refractivity contribution is 5.91. The molecule has 1 amide bonds. The predicted molar refractivity (Wildman–Crippen MR) is 86.8 cm³/mol. The molecule has 0 aliphatic carbocycles. The number of amides is 1. The van der Waals surface area contributed by atoms with Gasteiger partial charge in [-0.05, 0) is 30.2 Å². The Kier molecular flexibility index (Phi) is 5.53. The smallest absolute Gasteiger partial charge is 0.258 e. The Labute approximate surface area is 127 Å². The lowest BCUT2D eigenvalue weighted by Gasteiger charge is -2.31. The molecule has 1 aromatic carbocycles. The number of hydrogen-bond acceptors (Lipinski definition) is 3. The SMILES string of the molecule is CC(C)c1ccc(C=CC(=O)NN2CCN(C)CC2)cc1. The molecule has 114 valence electrons. The van der Waals surface area contributed by atoms with Crippen LogP contribution in [0.2, 0.25) is 0 Å². The van der Waals surface area contributed by atoms with Crippen molar-refractivity contribution in [3.05, 3.63) is 41.5 Å². The molecule has 0 spiro atoms. The van der Waals surface area contributed by atoms with E-state index in [0.29, 0.717) is 5.92 Å². The maximum atomic E-state index is 11.9. The number of hydrazine groups is 1. The van der Waals surface area contributed by atoms with Gasteiger partial charge in [0.05, 0.1) is 0 Å². The predicted octanol–water partition coefficient (Wildman–Crippen LogP) is 2.10. The minimum absolute atomic E-state index is 0.0625. The van der Waals surface area contributed by atoms with E-state index in [1.807, 2.05) is 11.1 Å². The van der Waals surface area contributed by atoms with E-state index in [-0.39, 0.29) is 5.91 Å². The van der Waals surface area contributed by atoms with Gasteiger partial charge in [-0.3, -0.25) is 10.2 Å². The van der Waals surface area contributed by atoms with E-state index in [4.69, 9.17) is 0 Å². The van der Waals surface area contributed by atoms with Crippen molar-refractivity contribution in [2.45, 2.75) is 19.8 Å². The lowest BCUT2D eigenvalue weighted by Crippen LogP contribution is -2.52. The molecule has 4 nitrogen and oxygen atoms in total. The van der Waals surface area contributed by atoms with E-state index in [2.05, 4.69) is 55.5 Å². The van der Waals surface area contributed by atoms with Gasteiger partial charge in [-0.1, -0.05) is 38.1 Å². The standard InChI is InChI=1S/C17H25N3O/c1-14(2)16-7-4-15(5-8-16)6-9-17(21)18-20-12-10-19(3)11-13-20/h4-9,14H,10-13H2,1-3H3,(H,18,21). The molecule has 1 N–H and O–H groups in total. The maximum Gasteiger partial charge on any atom is 0.258 e. The Balaban J connectivity index is 1.84. The monoisotopic (exact) mass is 287 g/mol. The summed E-state index contributed by atoms with van der Waals surface area (Å²) in [7, 11) is 2.10. The topological polar surface area (TPSA) is 35.6 Å². The molecule has 0 unspecified atom stereocenters. The molecule has 1 heterocycles. The highest BCUT2D eigenvalue weighted by Gasteiger charge is 2.14. The average molecular weight is 287 g/mol. The van der Waals surface area contributed by atoms with Crippen LogP contribution in [0.4, 0.5) is 0 Å². The van der Waals surface area contributed by atoms with Crippen molar-refractivity contribution in [1.82, 2.24) is 15.3 Å². The molecule has 4 heteroatoms. The molecule has 1 fully saturated rings. The summed E-state index contributed by atoms with van der Waals surface area (Å²) in [5.41, 5.74) is 5.28. The van der Waals surface area contributed by atoms with Crippen LogP contribution >= 0.6 is 0 Å². The quantitative estimate of drug-likeness (QED) is 0.862. The van der Waals surface area contributed by atoms with Crippen LogP contribution in [0.5, 0.6) is 0 Å². The van der Waals surface area contributed by atoms with Gasteiger partial charge >= 0.3 is 0 Å². The zero-order valence-corrected chi connectivity index (χ0v) is 13.2. The van der Waals surface area contributed by atoms with Gasteiger partial charge in [0, 0.05) is 32.3 Å². The van der Waals surface area contributed by atoms with Crippen molar-refractivity contribution >= 4 is 12.0 Å². The highest BCUT2D eigenvalue weighted by atomic mass is 16.2. The molecule has 21 heavy (non-hydrogen) atoms. The van der Waals surface area contributed by atoms with Crippen LogP contribution in [0.1, 0.15) is 30.9 Å². The van der Waals surface area contributed by atoms with Crippen LogP contribution in [-0.2, 0) is 4.79 Å². The molecule has 0 radical (unpaired) electrons. The fourth-order valence-electron chi connectivity index (χ4n) is 2.28. The summed E-state index contributed by atoms with van der Waals surface area (Å²) in [5, 5.41) is 1.98. The van der Waals surface area contributed by atoms with Crippen molar-refractivity contribution in [3.8, 4) is 0 Å². The second kappa shape index (κ2) is 7.38. The van der Waals surface area contributed by atoms with Crippen LogP contribution in [0, 0.1) is 0 Å². The molecular formula is C17H25N3O. The summed E-state index contributed by atoms with van der Waals surface area (Å²) in [5.74, 6) is 0.469. The van der Waals surface area contributed by atoms with Crippen molar-refractivity contribution in [1.29, 1.82) is 0 Å². The lowest BCUT2D eigenvalue weighted by molar-refractivity contribution is -0.121. The molecular weight excluding hydrogens is 262 g/mol. The molecule has 1 saturated heterocycles. The minimum atomic E-state index is -0.0625.